The number of nitrogens with zero attached hydrogens (tertiary/aromatic N) is 1. The van der Waals surface area contributed by atoms with E-state index < -0.39 is 0 Å². The molecule has 2 aromatic carbocycles. The molecule has 0 spiro atoms. The minimum atomic E-state index is -0.383. The van der Waals surface area contributed by atoms with Gasteiger partial charge >= 0.3 is 0 Å². The first-order valence-corrected chi connectivity index (χ1v) is 8.27. The highest BCUT2D eigenvalue weighted by atomic mass is 32.1. The van der Waals surface area contributed by atoms with Gasteiger partial charge in [0, 0.05) is 17.5 Å². The van der Waals surface area contributed by atoms with Crippen LogP contribution in [0.25, 0.3) is 0 Å². The van der Waals surface area contributed by atoms with Crippen molar-refractivity contribution in [2.75, 3.05) is 0 Å². The summed E-state index contributed by atoms with van der Waals surface area (Å²) in [5, 5.41) is 14.2. The minimum Gasteiger partial charge on any atom is -0.372 e. The molecule has 0 heterocycles. The predicted octanol–water partition coefficient (Wildman–Crippen LogP) is 4.84. The van der Waals surface area contributed by atoms with Crippen molar-refractivity contribution in [2.45, 2.75) is 33.2 Å². The highest BCUT2D eigenvalue weighted by molar-refractivity contribution is 7.80. The Balaban J connectivity index is 2.23. The van der Waals surface area contributed by atoms with Crippen LogP contribution in [-0.2, 0) is 6.42 Å². The van der Waals surface area contributed by atoms with Gasteiger partial charge in [-0.05, 0) is 17.5 Å². The van der Waals surface area contributed by atoms with Crippen LogP contribution in [0.4, 0.5) is 5.69 Å². The molecule has 4 nitrogen and oxygen atoms in total. The Hall–Kier alpha value is -2.27. The molecule has 1 unspecified atom stereocenters. The monoisotopic (exact) mass is 342 g/mol. The van der Waals surface area contributed by atoms with Gasteiger partial charge in [-0.25, -0.2) is 0 Å². The van der Waals surface area contributed by atoms with Crippen molar-refractivity contribution in [1.29, 1.82) is 0 Å². The molecule has 2 aromatic rings. The number of nitro groups is 1. The molecule has 0 amide bonds. The highest BCUT2D eigenvalue weighted by Crippen LogP contribution is 2.23. The molecule has 24 heavy (non-hydrogen) atoms. The van der Waals surface area contributed by atoms with E-state index in [1.807, 2.05) is 18.2 Å². The fraction of sp³-hybridized carbons (Fsp3) is 0.316. The molecule has 0 saturated heterocycles. The van der Waals surface area contributed by atoms with E-state index in [2.05, 4.69) is 38.2 Å². The molecule has 0 radical (unpaired) electrons. The average Bonchev–Trinajstić information content (AvgIpc) is 2.54. The lowest BCUT2D eigenvalue weighted by Crippen LogP contribution is -2.36. The van der Waals surface area contributed by atoms with Gasteiger partial charge in [-0.3, -0.25) is 10.1 Å². The molecule has 0 aliphatic carbocycles. The Bertz CT molecular complexity index is 706. The van der Waals surface area contributed by atoms with Crippen molar-refractivity contribution in [3.8, 4) is 0 Å². The first-order chi connectivity index (χ1) is 11.3. The van der Waals surface area contributed by atoms with Crippen molar-refractivity contribution < 1.29 is 4.92 Å². The van der Waals surface area contributed by atoms with Gasteiger partial charge < -0.3 is 5.32 Å². The van der Waals surface area contributed by atoms with Crippen molar-refractivity contribution in [3.05, 3.63) is 75.8 Å². The zero-order valence-corrected chi connectivity index (χ0v) is 15.0. The molecular weight excluding hydrogens is 320 g/mol. The van der Waals surface area contributed by atoms with E-state index in [9.17, 15) is 10.1 Å². The molecular formula is C19H22N2O2S. The number of non-ortho nitro benzene ring substituents is 1. The van der Waals surface area contributed by atoms with Crippen LogP contribution >= 0.6 is 12.2 Å². The number of hydrogen-bond acceptors (Lipinski definition) is 3. The topological polar surface area (TPSA) is 55.2 Å². The zero-order valence-electron chi connectivity index (χ0n) is 14.2. The van der Waals surface area contributed by atoms with Crippen LogP contribution in [0.5, 0.6) is 0 Å². The van der Waals surface area contributed by atoms with Crippen LogP contribution in [0.3, 0.4) is 0 Å². The first kappa shape index (κ1) is 18.1. The van der Waals surface area contributed by atoms with Gasteiger partial charge in [0.15, 0.2) is 0 Å². The summed E-state index contributed by atoms with van der Waals surface area (Å²) >= 11 is 5.54. The molecule has 0 bridgehead atoms. The SMILES string of the molecule is CC(C)(C)C(=S)NC(Cc1ccc([N+](=O)[O-])cc1)c1ccccc1. The number of thiocarbonyl (C=S) groups is 1. The van der Waals surface area contributed by atoms with E-state index in [1.54, 1.807) is 24.3 Å². The Morgan fingerprint density at radius 2 is 1.71 bits per heavy atom. The fourth-order valence-corrected chi connectivity index (χ4v) is 2.44. The lowest BCUT2D eigenvalue weighted by molar-refractivity contribution is -0.384. The molecule has 1 N–H and O–H groups in total. The maximum Gasteiger partial charge on any atom is 0.269 e. The Morgan fingerprint density at radius 3 is 2.21 bits per heavy atom. The number of benzene rings is 2. The molecule has 0 aliphatic heterocycles. The van der Waals surface area contributed by atoms with Crippen molar-refractivity contribution >= 4 is 22.9 Å². The third-order valence-electron chi connectivity index (χ3n) is 3.78. The number of nitrogens with one attached hydrogen (secondary N) is 1. The normalized spacial score (nSPS) is 12.5. The van der Waals surface area contributed by atoms with Crippen molar-refractivity contribution in [2.24, 2.45) is 5.41 Å². The smallest absolute Gasteiger partial charge is 0.269 e. The second-order valence-electron chi connectivity index (χ2n) is 6.81. The van der Waals surface area contributed by atoms with Crippen molar-refractivity contribution in [3.63, 3.8) is 0 Å². The van der Waals surface area contributed by atoms with Crippen LogP contribution in [0, 0.1) is 15.5 Å². The van der Waals surface area contributed by atoms with Gasteiger partial charge in [-0.15, -0.1) is 0 Å². The van der Waals surface area contributed by atoms with Crippen LogP contribution in [-0.4, -0.2) is 9.91 Å². The Kier molecular flexibility index (Phi) is 5.67. The quantitative estimate of drug-likeness (QED) is 0.480. The second-order valence-corrected chi connectivity index (χ2v) is 7.22. The molecule has 1 atom stereocenters. The average molecular weight is 342 g/mol. The van der Waals surface area contributed by atoms with Crippen LogP contribution < -0.4 is 5.32 Å². The largest absolute Gasteiger partial charge is 0.372 e. The van der Waals surface area contributed by atoms with E-state index in [-0.39, 0.29) is 22.1 Å². The number of hydrogen-bond donors (Lipinski definition) is 1. The van der Waals surface area contributed by atoms with Gasteiger partial charge in [-0.2, -0.15) is 0 Å². The third-order valence-corrected chi connectivity index (χ3v) is 4.51. The first-order valence-electron chi connectivity index (χ1n) is 7.86. The molecule has 2 rings (SSSR count). The highest BCUT2D eigenvalue weighted by Gasteiger charge is 2.21. The van der Waals surface area contributed by atoms with Crippen molar-refractivity contribution in [1.82, 2.24) is 5.32 Å². The predicted molar refractivity (Wildman–Crippen MR) is 101 cm³/mol. The maximum atomic E-state index is 10.8. The molecule has 0 aromatic heterocycles. The van der Waals surface area contributed by atoms with E-state index in [0.29, 0.717) is 6.42 Å². The van der Waals surface area contributed by atoms with Crippen LogP contribution in [0.15, 0.2) is 54.6 Å². The molecule has 0 aliphatic rings. The lowest BCUT2D eigenvalue weighted by atomic mass is 9.93. The van der Waals surface area contributed by atoms with Crippen LogP contribution in [0.2, 0.25) is 0 Å². The van der Waals surface area contributed by atoms with Gasteiger partial charge in [0.1, 0.15) is 0 Å². The lowest BCUT2D eigenvalue weighted by Gasteiger charge is -2.27. The summed E-state index contributed by atoms with van der Waals surface area (Å²) in [7, 11) is 0. The van der Waals surface area contributed by atoms with Crippen LogP contribution in [0.1, 0.15) is 37.9 Å². The van der Waals surface area contributed by atoms with Gasteiger partial charge in [0.05, 0.1) is 16.0 Å². The van der Waals surface area contributed by atoms with Gasteiger partial charge in [0.2, 0.25) is 0 Å². The zero-order chi connectivity index (χ0) is 17.7. The number of rotatable bonds is 5. The van der Waals surface area contributed by atoms with E-state index >= 15 is 0 Å². The summed E-state index contributed by atoms with van der Waals surface area (Å²) in [4.78, 5) is 11.2. The molecule has 5 heteroatoms. The maximum absolute atomic E-state index is 10.8. The van der Waals surface area contributed by atoms with E-state index in [4.69, 9.17) is 12.2 Å². The molecule has 0 fully saturated rings. The summed E-state index contributed by atoms with van der Waals surface area (Å²) in [5.74, 6) is 0. The summed E-state index contributed by atoms with van der Waals surface area (Å²) in [6, 6.07) is 16.8. The third kappa shape index (κ3) is 4.86. The van der Waals surface area contributed by atoms with E-state index in [1.165, 1.54) is 0 Å². The van der Waals surface area contributed by atoms with E-state index in [0.717, 1.165) is 16.1 Å². The second kappa shape index (κ2) is 7.53. The summed E-state index contributed by atoms with van der Waals surface area (Å²) < 4.78 is 0. The minimum absolute atomic E-state index is 0.0272. The Labute approximate surface area is 148 Å². The standard InChI is InChI=1S/C19H22N2O2S/c1-19(2,3)18(24)20-17(15-7-5-4-6-8-15)13-14-9-11-16(12-10-14)21(22)23/h4-12,17H,13H2,1-3H3,(H,20,24). The number of nitro benzene ring substituents is 1. The van der Waals surface area contributed by atoms with Gasteiger partial charge in [-0.1, -0.05) is 75.5 Å². The summed E-state index contributed by atoms with van der Waals surface area (Å²) in [6.45, 7) is 6.24. The fourth-order valence-electron chi connectivity index (χ4n) is 2.30. The summed E-state index contributed by atoms with van der Waals surface area (Å²) in [6.07, 6.45) is 0.707. The summed E-state index contributed by atoms with van der Waals surface area (Å²) in [5.41, 5.74) is 2.16. The molecule has 126 valence electrons. The Morgan fingerprint density at radius 1 is 1.12 bits per heavy atom. The van der Waals surface area contributed by atoms with Gasteiger partial charge in [0.25, 0.3) is 5.69 Å². The molecule has 0 saturated carbocycles.